The zero-order valence-electron chi connectivity index (χ0n) is 11.8. The molecule has 1 saturated heterocycles. The highest BCUT2D eigenvalue weighted by Gasteiger charge is 2.33. The minimum absolute atomic E-state index is 0.0797. The normalized spacial score (nSPS) is 14.4. The number of hydrogen-bond acceptors (Lipinski definition) is 5. The van der Waals surface area contributed by atoms with E-state index in [1.807, 2.05) is 0 Å². The van der Waals surface area contributed by atoms with Gasteiger partial charge in [-0.05, 0) is 30.7 Å². The van der Waals surface area contributed by atoms with Gasteiger partial charge in [0.05, 0.1) is 12.2 Å². The molecule has 0 saturated carbocycles. The van der Waals surface area contributed by atoms with Gasteiger partial charge in [0.25, 0.3) is 11.8 Å². The molecule has 112 valence electrons. The van der Waals surface area contributed by atoms with E-state index >= 15 is 0 Å². The van der Waals surface area contributed by atoms with Gasteiger partial charge in [-0.25, -0.2) is 4.79 Å². The lowest BCUT2D eigenvalue weighted by Gasteiger charge is -2.12. The first-order valence-electron chi connectivity index (χ1n) is 6.92. The number of rotatable bonds is 6. The highest BCUT2D eigenvalue weighted by atomic mass is 16.7. The summed E-state index contributed by atoms with van der Waals surface area (Å²) < 4.78 is 5.48. The molecule has 0 spiro atoms. The Bertz CT molecular complexity index is 521. The summed E-state index contributed by atoms with van der Waals surface area (Å²) in [6.45, 7) is 2.69. The number of carbonyl (C=O) groups is 3. The van der Waals surface area contributed by atoms with Crippen molar-refractivity contribution >= 4 is 17.8 Å². The van der Waals surface area contributed by atoms with Crippen LogP contribution in [0.3, 0.4) is 0 Å². The fourth-order valence-corrected chi connectivity index (χ4v) is 1.82. The van der Waals surface area contributed by atoms with Gasteiger partial charge >= 0.3 is 5.97 Å². The molecule has 1 heterocycles. The molecule has 0 aliphatic carbocycles. The van der Waals surface area contributed by atoms with Crippen LogP contribution in [0.15, 0.2) is 24.3 Å². The largest absolute Gasteiger partial charge is 0.494 e. The van der Waals surface area contributed by atoms with Crippen LogP contribution in [0.25, 0.3) is 0 Å². The molecule has 1 aromatic rings. The van der Waals surface area contributed by atoms with Gasteiger partial charge < -0.3 is 9.57 Å². The molecule has 0 radical (unpaired) electrons. The number of nitrogens with zero attached hydrogens (tertiary/aromatic N) is 1. The lowest BCUT2D eigenvalue weighted by molar-refractivity contribution is -0.172. The highest BCUT2D eigenvalue weighted by molar-refractivity contribution is 6.02. The fraction of sp³-hybridized carbons (Fsp3) is 0.400. The van der Waals surface area contributed by atoms with Crippen LogP contribution in [0.4, 0.5) is 0 Å². The summed E-state index contributed by atoms with van der Waals surface area (Å²) in [6, 6.07) is 6.38. The zero-order chi connectivity index (χ0) is 15.2. The third-order valence-electron chi connectivity index (χ3n) is 3.04. The van der Waals surface area contributed by atoms with Crippen molar-refractivity contribution in [1.82, 2.24) is 5.06 Å². The molecule has 0 unspecified atom stereocenters. The highest BCUT2D eigenvalue weighted by Crippen LogP contribution is 2.16. The molecule has 0 bridgehead atoms. The Morgan fingerprint density at radius 1 is 1.14 bits per heavy atom. The molecule has 1 aliphatic heterocycles. The molecule has 2 amide bonds. The van der Waals surface area contributed by atoms with E-state index in [0.29, 0.717) is 17.4 Å². The van der Waals surface area contributed by atoms with Gasteiger partial charge in [-0.2, -0.15) is 0 Å². The first kappa shape index (κ1) is 15.0. The van der Waals surface area contributed by atoms with Crippen LogP contribution in [0.1, 0.15) is 43.0 Å². The SMILES string of the molecule is CCCCOc1ccc(C(=O)ON2C(=O)CCC2=O)cc1. The summed E-state index contributed by atoms with van der Waals surface area (Å²) in [6.07, 6.45) is 2.16. The van der Waals surface area contributed by atoms with Gasteiger partial charge in [0.1, 0.15) is 5.75 Å². The second-order valence-corrected chi connectivity index (χ2v) is 4.69. The summed E-state index contributed by atoms with van der Waals surface area (Å²) in [5.74, 6) is -1.06. The maximum Gasteiger partial charge on any atom is 0.363 e. The molecule has 1 aromatic carbocycles. The molecule has 0 aromatic heterocycles. The van der Waals surface area contributed by atoms with Crippen molar-refractivity contribution in [3.05, 3.63) is 29.8 Å². The number of hydrogen-bond donors (Lipinski definition) is 0. The summed E-state index contributed by atoms with van der Waals surface area (Å²) >= 11 is 0. The molecule has 6 nitrogen and oxygen atoms in total. The van der Waals surface area contributed by atoms with Crippen LogP contribution in [0.5, 0.6) is 5.75 Å². The van der Waals surface area contributed by atoms with Crippen LogP contribution in [0, 0.1) is 0 Å². The average Bonchev–Trinajstić information content (AvgIpc) is 2.80. The summed E-state index contributed by atoms with van der Waals surface area (Å²) in [4.78, 5) is 39.4. The fourth-order valence-electron chi connectivity index (χ4n) is 1.82. The third-order valence-corrected chi connectivity index (χ3v) is 3.04. The van der Waals surface area contributed by atoms with Crippen LogP contribution in [0.2, 0.25) is 0 Å². The van der Waals surface area contributed by atoms with Gasteiger partial charge in [0, 0.05) is 12.8 Å². The molecule has 0 N–H and O–H groups in total. The Morgan fingerprint density at radius 2 is 1.76 bits per heavy atom. The lowest BCUT2D eigenvalue weighted by atomic mass is 10.2. The number of hydroxylamine groups is 2. The number of benzene rings is 1. The topological polar surface area (TPSA) is 72.9 Å². The number of unbranched alkanes of at least 4 members (excludes halogenated alkanes) is 1. The van der Waals surface area contributed by atoms with E-state index in [2.05, 4.69) is 6.92 Å². The number of carbonyl (C=O) groups excluding carboxylic acids is 3. The Hall–Kier alpha value is -2.37. The van der Waals surface area contributed by atoms with Crippen LogP contribution >= 0.6 is 0 Å². The monoisotopic (exact) mass is 291 g/mol. The molecule has 0 atom stereocenters. The van der Waals surface area contributed by atoms with Crippen molar-refractivity contribution in [2.24, 2.45) is 0 Å². The maximum atomic E-state index is 11.9. The van der Waals surface area contributed by atoms with Crippen molar-refractivity contribution in [3.8, 4) is 5.75 Å². The Balaban J connectivity index is 1.93. The number of imide groups is 1. The molecular weight excluding hydrogens is 274 g/mol. The van der Waals surface area contributed by atoms with Gasteiger partial charge in [0.15, 0.2) is 0 Å². The second kappa shape index (κ2) is 6.88. The standard InChI is InChI=1S/C15H17NO5/c1-2-3-10-20-12-6-4-11(5-7-12)15(19)21-16-13(17)8-9-14(16)18/h4-7H,2-3,8-10H2,1H3. The first-order chi connectivity index (χ1) is 10.1. The lowest BCUT2D eigenvalue weighted by Crippen LogP contribution is -2.32. The Kier molecular flexibility index (Phi) is 4.92. The van der Waals surface area contributed by atoms with Crippen molar-refractivity contribution in [2.45, 2.75) is 32.6 Å². The first-order valence-corrected chi connectivity index (χ1v) is 6.92. The van der Waals surface area contributed by atoms with Gasteiger partial charge in [-0.3, -0.25) is 9.59 Å². The van der Waals surface area contributed by atoms with Gasteiger partial charge in [0.2, 0.25) is 0 Å². The predicted octanol–water partition coefficient (Wildman–Crippen LogP) is 2.09. The Labute approximate surface area is 122 Å². The second-order valence-electron chi connectivity index (χ2n) is 4.69. The van der Waals surface area contributed by atoms with Crippen molar-refractivity contribution < 1.29 is 24.0 Å². The third kappa shape index (κ3) is 3.81. The maximum absolute atomic E-state index is 11.9. The number of amides is 2. The minimum Gasteiger partial charge on any atom is -0.494 e. The molecular formula is C15H17NO5. The molecule has 1 fully saturated rings. The van der Waals surface area contributed by atoms with E-state index in [1.54, 1.807) is 12.1 Å². The van der Waals surface area contributed by atoms with E-state index in [1.165, 1.54) is 12.1 Å². The summed E-state index contributed by atoms with van der Waals surface area (Å²) in [5, 5.41) is 0.536. The summed E-state index contributed by atoms with van der Waals surface area (Å²) in [7, 11) is 0. The van der Waals surface area contributed by atoms with Gasteiger partial charge in [-0.1, -0.05) is 13.3 Å². The summed E-state index contributed by atoms with van der Waals surface area (Å²) in [5.41, 5.74) is 0.255. The van der Waals surface area contributed by atoms with E-state index in [-0.39, 0.29) is 18.4 Å². The van der Waals surface area contributed by atoms with Crippen molar-refractivity contribution in [2.75, 3.05) is 6.61 Å². The van der Waals surface area contributed by atoms with E-state index in [9.17, 15) is 14.4 Å². The van der Waals surface area contributed by atoms with Crippen LogP contribution in [-0.2, 0) is 14.4 Å². The molecule has 1 aliphatic rings. The van der Waals surface area contributed by atoms with Crippen molar-refractivity contribution in [1.29, 1.82) is 0 Å². The number of ether oxygens (including phenoxy) is 1. The average molecular weight is 291 g/mol. The van der Waals surface area contributed by atoms with E-state index < -0.39 is 17.8 Å². The zero-order valence-corrected chi connectivity index (χ0v) is 11.8. The van der Waals surface area contributed by atoms with Crippen molar-refractivity contribution in [3.63, 3.8) is 0 Å². The quantitative estimate of drug-likeness (QED) is 0.592. The minimum atomic E-state index is -0.737. The van der Waals surface area contributed by atoms with Gasteiger partial charge in [-0.15, -0.1) is 5.06 Å². The molecule has 6 heteroatoms. The van der Waals surface area contributed by atoms with E-state index in [4.69, 9.17) is 9.57 Å². The predicted molar refractivity (Wildman–Crippen MR) is 73.3 cm³/mol. The van der Waals surface area contributed by atoms with Crippen LogP contribution in [-0.4, -0.2) is 29.5 Å². The molecule has 2 rings (SSSR count). The molecule has 21 heavy (non-hydrogen) atoms. The van der Waals surface area contributed by atoms with E-state index in [0.717, 1.165) is 12.8 Å². The Morgan fingerprint density at radius 3 is 2.33 bits per heavy atom. The van der Waals surface area contributed by atoms with Crippen LogP contribution < -0.4 is 4.74 Å². The smallest absolute Gasteiger partial charge is 0.363 e.